The van der Waals surface area contributed by atoms with Crippen molar-refractivity contribution in [2.45, 2.75) is 46.0 Å². The molecule has 0 heterocycles. The molecule has 114 valence electrons. The third-order valence-corrected chi connectivity index (χ3v) is 4.57. The van der Waals surface area contributed by atoms with Crippen LogP contribution in [0.5, 0.6) is 0 Å². The van der Waals surface area contributed by atoms with Gasteiger partial charge in [-0.15, -0.1) is 0 Å². The van der Waals surface area contributed by atoms with Crippen LogP contribution in [0.25, 0.3) is 0 Å². The largest absolute Gasteiger partial charge is 0.393 e. The van der Waals surface area contributed by atoms with Gasteiger partial charge in [0.1, 0.15) is 0 Å². The van der Waals surface area contributed by atoms with Crippen LogP contribution in [-0.2, 0) is 11.2 Å². The van der Waals surface area contributed by atoms with Crippen molar-refractivity contribution in [2.75, 3.05) is 5.32 Å². The molecular weight excluding hydrogens is 280 g/mol. The van der Waals surface area contributed by atoms with Crippen LogP contribution in [0.3, 0.4) is 0 Å². The van der Waals surface area contributed by atoms with Gasteiger partial charge in [0.15, 0.2) is 0 Å². The van der Waals surface area contributed by atoms with Crippen LogP contribution in [0, 0.1) is 11.3 Å². The Balaban J connectivity index is 2.00. The molecule has 1 aliphatic rings. The fourth-order valence-electron chi connectivity index (χ4n) is 3.12. The van der Waals surface area contributed by atoms with E-state index in [2.05, 4.69) is 19.2 Å². The van der Waals surface area contributed by atoms with E-state index in [1.807, 2.05) is 24.3 Å². The monoisotopic (exact) mass is 304 g/mol. The predicted octanol–water partition coefficient (Wildman–Crippen LogP) is 3.67. The molecule has 4 heteroatoms. The minimum Gasteiger partial charge on any atom is -0.393 e. The van der Waals surface area contributed by atoms with Crippen LogP contribution in [0.4, 0.5) is 5.69 Å². The maximum Gasteiger partial charge on any atom is 0.228 e. The van der Waals surface area contributed by atoms with Gasteiger partial charge in [0.2, 0.25) is 5.91 Å². The van der Waals surface area contributed by atoms with Crippen molar-refractivity contribution in [3.63, 3.8) is 0 Å². The van der Waals surface area contributed by atoms with Gasteiger partial charge in [-0.05, 0) is 36.0 Å². The predicted molar refractivity (Wildman–Crippen MR) is 91.3 cm³/mol. The Hall–Kier alpha value is -1.42. The summed E-state index contributed by atoms with van der Waals surface area (Å²) in [4.78, 5) is 13.0. The summed E-state index contributed by atoms with van der Waals surface area (Å²) in [6, 6.07) is 7.75. The second kappa shape index (κ2) is 6.56. The number of benzene rings is 1. The first-order valence-corrected chi connectivity index (χ1v) is 7.97. The highest BCUT2D eigenvalue weighted by Gasteiger charge is 2.37. The molecule has 1 aliphatic carbocycles. The number of amides is 1. The normalized spacial score (nSPS) is 20.8. The standard InChI is InChI=1S/C17H24N2OS/c1-17(2)10-4-3-5-14(17)16(20)19-13-8-6-12(7-9-13)11-15(18)21/h6-9,14H,3-5,10-11H2,1-2H3,(H2,18,21)(H,19,20). The van der Waals surface area contributed by atoms with E-state index in [9.17, 15) is 4.79 Å². The van der Waals surface area contributed by atoms with Gasteiger partial charge < -0.3 is 11.1 Å². The Labute approximate surface area is 132 Å². The van der Waals surface area contributed by atoms with E-state index in [0.717, 1.165) is 30.5 Å². The maximum absolute atomic E-state index is 12.5. The van der Waals surface area contributed by atoms with Crippen LogP contribution in [0.1, 0.15) is 45.1 Å². The highest BCUT2D eigenvalue weighted by molar-refractivity contribution is 7.80. The summed E-state index contributed by atoms with van der Waals surface area (Å²) >= 11 is 4.90. The number of hydrogen-bond donors (Lipinski definition) is 2. The highest BCUT2D eigenvalue weighted by Crippen LogP contribution is 2.41. The van der Waals surface area contributed by atoms with Crippen molar-refractivity contribution in [1.29, 1.82) is 0 Å². The van der Waals surface area contributed by atoms with E-state index < -0.39 is 0 Å². The van der Waals surface area contributed by atoms with Gasteiger partial charge in [0.05, 0.1) is 4.99 Å². The Morgan fingerprint density at radius 1 is 1.33 bits per heavy atom. The van der Waals surface area contributed by atoms with E-state index in [1.165, 1.54) is 6.42 Å². The molecular formula is C17H24N2OS. The molecule has 1 atom stereocenters. The van der Waals surface area contributed by atoms with E-state index >= 15 is 0 Å². The third-order valence-electron chi connectivity index (χ3n) is 4.42. The van der Waals surface area contributed by atoms with Crippen LogP contribution < -0.4 is 11.1 Å². The number of hydrogen-bond acceptors (Lipinski definition) is 2. The van der Waals surface area contributed by atoms with E-state index in [4.69, 9.17) is 18.0 Å². The smallest absolute Gasteiger partial charge is 0.228 e. The van der Waals surface area contributed by atoms with Gasteiger partial charge in [-0.1, -0.05) is 51.0 Å². The summed E-state index contributed by atoms with van der Waals surface area (Å²) in [5.41, 5.74) is 7.53. The minimum absolute atomic E-state index is 0.0913. The van der Waals surface area contributed by atoms with Gasteiger partial charge in [-0.3, -0.25) is 4.79 Å². The molecule has 0 radical (unpaired) electrons. The van der Waals surface area contributed by atoms with Crippen LogP contribution in [0.2, 0.25) is 0 Å². The van der Waals surface area contributed by atoms with Gasteiger partial charge >= 0.3 is 0 Å². The molecule has 0 aromatic heterocycles. The van der Waals surface area contributed by atoms with E-state index in [1.54, 1.807) is 0 Å². The SMILES string of the molecule is CC1(C)CCCCC1C(=O)Nc1ccc(CC(N)=S)cc1. The molecule has 3 N–H and O–H groups in total. The van der Waals surface area contributed by atoms with Crippen LogP contribution >= 0.6 is 12.2 Å². The fourth-order valence-corrected chi connectivity index (χ4v) is 3.28. The average Bonchev–Trinajstić information content (AvgIpc) is 2.39. The molecule has 0 aliphatic heterocycles. The van der Waals surface area contributed by atoms with Gasteiger partial charge in [0, 0.05) is 18.0 Å². The molecule has 3 nitrogen and oxygen atoms in total. The number of nitrogens with two attached hydrogens (primary N) is 1. The van der Waals surface area contributed by atoms with Crippen molar-refractivity contribution >= 4 is 28.8 Å². The summed E-state index contributed by atoms with van der Waals surface area (Å²) in [5.74, 6) is 0.240. The summed E-state index contributed by atoms with van der Waals surface area (Å²) < 4.78 is 0. The lowest BCUT2D eigenvalue weighted by atomic mass is 9.68. The van der Waals surface area contributed by atoms with Gasteiger partial charge in [-0.25, -0.2) is 0 Å². The zero-order valence-electron chi connectivity index (χ0n) is 12.8. The molecule has 21 heavy (non-hydrogen) atoms. The fraction of sp³-hybridized carbons (Fsp3) is 0.529. The Morgan fingerprint density at radius 2 is 2.00 bits per heavy atom. The molecule has 0 saturated heterocycles. The first-order valence-electron chi connectivity index (χ1n) is 7.56. The molecule has 1 aromatic carbocycles. The molecule has 0 bridgehead atoms. The summed E-state index contributed by atoms with van der Waals surface area (Å²) in [6.45, 7) is 4.39. The van der Waals surface area contributed by atoms with Gasteiger partial charge in [-0.2, -0.15) is 0 Å². The van der Waals surface area contributed by atoms with Crippen molar-refractivity contribution < 1.29 is 4.79 Å². The summed E-state index contributed by atoms with van der Waals surface area (Å²) in [6.07, 6.45) is 5.08. The molecule has 2 rings (SSSR count). The molecule has 0 spiro atoms. The van der Waals surface area contributed by atoms with Crippen LogP contribution in [0.15, 0.2) is 24.3 Å². The second-order valence-electron chi connectivity index (χ2n) is 6.62. The quantitative estimate of drug-likeness (QED) is 0.835. The number of carbonyl (C=O) groups excluding carboxylic acids is 1. The Morgan fingerprint density at radius 3 is 2.57 bits per heavy atom. The molecule has 1 saturated carbocycles. The van der Waals surface area contributed by atoms with Gasteiger partial charge in [0.25, 0.3) is 0 Å². The molecule has 1 amide bonds. The Bertz CT molecular complexity index is 522. The summed E-state index contributed by atoms with van der Waals surface area (Å²) in [7, 11) is 0. The van der Waals surface area contributed by atoms with Crippen molar-refractivity contribution in [3.8, 4) is 0 Å². The third kappa shape index (κ3) is 4.27. The van der Waals surface area contributed by atoms with E-state index in [-0.39, 0.29) is 17.2 Å². The lowest BCUT2D eigenvalue weighted by Gasteiger charge is -2.37. The number of anilines is 1. The highest BCUT2D eigenvalue weighted by atomic mass is 32.1. The zero-order valence-corrected chi connectivity index (χ0v) is 13.6. The molecule has 1 fully saturated rings. The van der Waals surface area contributed by atoms with Crippen molar-refractivity contribution in [1.82, 2.24) is 0 Å². The number of nitrogens with one attached hydrogen (secondary N) is 1. The number of rotatable bonds is 4. The average molecular weight is 304 g/mol. The first-order chi connectivity index (χ1) is 9.88. The number of carbonyl (C=O) groups is 1. The zero-order chi connectivity index (χ0) is 15.5. The van der Waals surface area contributed by atoms with Crippen molar-refractivity contribution in [3.05, 3.63) is 29.8 Å². The van der Waals surface area contributed by atoms with Crippen LogP contribution in [-0.4, -0.2) is 10.9 Å². The second-order valence-corrected chi connectivity index (χ2v) is 7.14. The lowest BCUT2D eigenvalue weighted by molar-refractivity contribution is -0.124. The number of thiocarbonyl (C=S) groups is 1. The van der Waals surface area contributed by atoms with Crippen molar-refractivity contribution in [2.24, 2.45) is 17.1 Å². The van der Waals surface area contributed by atoms with E-state index in [0.29, 0.717) is 11.4 Å². The minimum atomic E-state index is 0.0913. The molecule has 1 aromatic rings. The molecule has 1 unspecified atom stereocenters. The topological polar surface area (TPSA) is 55.1 Å². The lowest BCUT2D eigenvalue weighted by Crippen LogP contribution is -2.37. The first kappa shape index (κ1) is 16.0. The summed E-state index contributed by atoms with van der Waals surface area (Å²) in [5, 5.41) is 3.04. The Kier molecular flexibility index (Phi) is 4.99. The maximum atomic E-state index is 12.5.